The lowest BCUT2D eigenvalue weighted by Gasteiger charge is -2.21. The zero-order valence-electron chi connectivity index (χ0n) is 11.8. The lowest BCUT2D eigenvalue weighted by atomic mass is 9.97. The van der Waals surface area contributed by atoms with Crippen LogP contribution in [-0.4, -0.2) is 13.7 Å². The molecule has 0 radical (unpaired) electrons. The maximum atomic E-state index is 14.3. The van der Waals surface area contributed by atoms with E-state index in [-0.39, 0.29) is 11.3 Å². The van der Waals surface area contributed by atoms with Gasteiger partial charge in [-0.05, 0) is 18.2 Å². The molecule has 0 saturated heterocycles. The van der Waals surface area contributed by atoms with Crippen molar-refractivity contribution in [3.8, 4) is 5.75 Å². The Bertz CT molecular complexity index is 610. The van der Waals surface area contributed by atoms with Gasteiger partial charge in [-0.2, -0.15) is 0 Å². The molecule has 0 fully saturated rings. The average Bonchev–Trinajstić information content (AvgIpc) is 2.46. The van der Waals surface area contributed by atoms with Crippen molar-refractivity contribution < 1.29 is 13.5 Å². The first-order chi connectivity index (χ1) is 10.1. The van der Waals surface area contributed by atoms with Crippen molar-refractivity contribution in [2.24, 2.45) is 0 Å². The van der Waals surface area contributed by atoms with Crippen molar-refractivity contribution in [1.82, 2.24) is 5.32 Å². The fourth-order valence-corrected chi connectivity index (χ4v) is 2.48. The van der Waals surface area contributed by atoms with Gasteiger partial charge in [-0.15, -0.1) is 0 Å². The van der Waals surface area contributed by atoms with Gasteiger partial charge in [0.15, 0.2) is 0 Å². The van der Waals surface area contributed by atoms with Gasteiger partial charge in [0.2, 0.25) is 0 Å². The number of halogens is 3. The Balaban J connectivity index is 2.56. The van der Waals surface area contributed by atoms with E-state index in [1.165, 1.54) is 19.2 Å². The summed E-state index contributed by atoms with van der Waals surface area (Å²) in [6.07, 6.45) is 0. The Morgan fingerprint density at radius 1 is 1.19 bits per heavy atom. The van der Waals surface area contributed by atoms with Gasteiger partial charge in [0.1, 0.15) is 17.4 Å². The first kappa shape index (κ1) is 15.7. The van der Waals surface area contributed by atoms with E-state index in [0.29, 0.717) is 17.1 Å². The predicted molar refractivity (Wildman–Crippen MR) is 79.9 cm³/mol. The first-order valence-corrected chi connectivity index (χ1v) is 6.97. The molecule has 0 aliphatic rings. The molecule has 0 heterocycles. The molecule has 112 valence electrons. The maximum Gasteiger partial charge on any atom is 0.134 e. The second-order valence-corrected chi connectivity index (χ2v) is 4.92. The minimum absolute atomic E-state index is 0.0641. The number of hydrogen-bond acceptors (Lipinski definition) is 2. The minimum Gasteiger partial charge on any atom is -0.497 e. The largest absolute Gasteiger partial charge is 0.497 e. The Morgan fingerprint density at radius 2 is 1.81 bits per heavy atom. The van der Waals surface area contributed by atoms with Crippen LogP contribution in [0.15, 0.2) is 36.4 Å². The van der Waals surface area contributed by atoms with Gasteiger partial charge >= 0.3 is 0 Å². The van der Waals surface area contributed by atoms with Crippen LogP contribution < -0.4 is 10.1 Å². The molecule has 0 amide bonds. The summed E-state index contributed by atoms with van der Waals surface area (Å²) >= 11 is 6.16. The van der Waals surface area contributed by atoms with Crippen molar-refractivity contribution in [3.63, 3.8) is 0 Å². The van der Waals surface area contributed by atoms with E-state index in [1.54, 1.807) is 24.3 Å². The van der Waals surface area contributed by atoms with E-state index < -0.39 is 17.7 Å². The van der Waals surface area contributed by atoms with Crippen LogP contribution in [-0.2, 0) is 0 Å². The quantitative estimate of drug-likeness (QED) is 0.887. The van der Waals surface area contributed by atoms with E-state index in [1.807, 2.05) is 6.92 Å². The van der Waals surface area contributed by atoms with Crippen molar-refractivity contribution >= 4 is 11.6 Å². The zero-order chi connectivity index (χ0) is 15.4. The molecule has 2 aromatic carbocycles. The average molecular weight is 312 g/mol. The van der Waals surface area contributed by atoms with Crippen LogP contribution in [0.3, 0.4) is 0 Å². The summed E-state index contributed by atoms with van der Waals surface area (Å²) in [7, 11) is 1.36. The van der Waals surface area contributed by atoms with Crippen LogP contribution in [0.25, 0.3) is 0 Å². The highest BCUT2D eigenvalue weighted by Gasteiger charge is 2.24. The highest BCUT2D eigenvalue weighted by molar-refractivity contribution is 6.31. The molecule has 21 heavy (non-hydrogen) atoms. The predicted octanol–water partition coefficient (Wildman–Crippen LogP) is 4.33. The second kappa shape index (κ2) is 6.87. The number of ether oxygens (including phenoxy) is 1. The van der Waals surface area contributed by atoms with Gasteiger partial charge in [-0.25, -0.2) is 8.78 Å². The Morgan fingerprint density at radius 3 is 2.33 bits per heavy atom. The van der Waals surface area contributed by atoms with Gasteiger partial charge in [0.25, 0.3) is 0 Å². The molecule has 0 bridgehead atoms. The summed E-state index contributed by atoms with van der Waals surface area (Å²) in [6, 6.07) is 8.67. The lowest BCUT2D eigenvalue weighted by molar-refractivity contribution is 0.403. The van der Waals surface area contributed by atoms with Gasteiger partial charge in [-0.3, -0.25) is 0 Å². The third-order valence-corrected chi connectivity index (χ3v) is 3.55. The molecule has 0 aromatic heterocycles. The Hall–Kier alpha value is -1.65. The number of hydrogen-bond donors (Lipinski definition) is 1. The summed E-state index contributed by atoms with van der Waals surface area (Å²) in [5, 5.41) is 3.53. The fraction of sp³-hybridized carbons (Fsp3) is 0.250. The third-order valence-electron chi connectivity index (χ3n) is 3.20. The number of nitrogens with one attached hydrogen (secondary N) is 1. The molecular weight excluding hydrogens is 296 g/mol. The van der Waals surface area contributed by atoms with E-state index in [4.69, 9.17) is 16.3 Å². The summed E-state index contributed by atoms with van der Waals surface area (Å²) in [6.45, 7) is 2.41. The maximum absolute atomic E-state index is 14.3. The molecule has 2 aromatic rings. The lowest BCUT2D eigenvalue weighted by Crippen LogP contribution is -2.24. The van der Waals surface area contributed by atoms with Crippen molar-refractivity contribution in [3.05, 3.63) is 64.2 Å². The normalized spacial score (nSPS) is 12.2. The molecule has 0 aliphatic carbocycles. The van der Waals surface area contributed by atoms with Gasteiger partial charge in [0.05, 0.1) is 13.2 Å². The fourth-order valence-electron chi connectivity index (χ4n) is 2.24. The molecule has 1 atom stereocenters. The first-order valence-electron chi connectivity index (χ1n) is 6.59. The van der Waals surface area contributed by atoms with E-state index in [9.17, 15) is 8.78 Å². The van der Waals surface area contributed by atoms with Crippen molar-refractivity contribution in [2.45, 2.75) is 13.0 Å². The van der Waals surface area contributed by atoms with Gasteiger partial charge < -0.3 is 10.1 Å². The molecule has 2 rings (SSSR count). The van der Waals surface area contributed by atoms with Crippen LogP contribution in [0.5, 0.6) is 5.75 Å². The third kappa shape index (κ3) is 3.34. The number of methoxy groups -OCH3 is 1. The molecule has 1 N–H and O–H groups in total. The van der Waals surface area contributed by atoms with E-state index in [2.05, 4.69) is 5.32 Å². The Labute approximate surface area is 127 Å². The second-order valence-electron chi connectivity index (χ2n) is 4.52. The van der Waals surface area contributed by atoms with Crippen LogP contribution >= 0.6 is 11.6 Å². The van der Waals surface area contributed by atoms with Crippen molar-refractivity contribution in [1.29, 1.82) is 0 Å². The summed E-state index contributed by atoms with van der Waals surface area (Å²) in [5.41, 5.74) is 0.565. The van der Waals surface area contributed by atoms with Crippen LogP contribution in [0.2, 0.25) is 5.02 Å². The number of rotatable bonds is 5. The molecule has 1 unspecified atom stereocenters. The van der Waals surface area contributed by atoms with Crippen molar-refractivity contribution in [2.75, 3.05) is 13.7 Å². The van der Waals surface area contributed by atoms with Crippen LogP contribution in [0, 0.1) is 11.6 Å². The standard InChI is InChI=1S/C16H16ClF2NO/c1-3-20-16(11-6-4-5-7-12(11)17)15-13(18)8-10(21-2)9-14(15)19/h4-9,16,20H,3H2,1-2H3. The molecule has 0 saturated carbocycles. The highest BCUT2D eigenvalue weighted by atomic mass is 35.5. The highest BCUT2D eigenvalue weighted by Crippen LogP contribution is 2.33. The zero-order valence-corrected chi connectivity index (χ0v) is 12.5. The molecule has 0 aliphatic heterocycles. The summed E-state index contributed by atoms with van der Waals surface area (Å²) in [5.74, 6) is -1.20. The van der Waals surface area contributed by atoms with Gasteiger partial charge in [-0.1, -0.05) is 36.7 Å². The molecule has 0 spiro atoms. The monoisotopic (exact) mass is 311 g/mol. The Kier molecular flexibility index (Phi) is 5.15. The summed E-state index contributed by atoms with van der Waals surface area (Å²) < 4.78 is 33.4. The SMILES string of the molecule is CCNC(c1ccccc1Cl)c1c(F)cc(OC)cc1F. The van der Waals surface area contributed by atoms with E-state index in [0.717, 1.165) is 0 Å². The molecular formula is C16H16ClF2NO. The number of benzene rings is 2. The minimum atomic E-state index is -0.669. The molecule has 5 heteroatoms. The van der Waals surface area contributed by atoms with Crippen LogP contribution in [0.1, 0.15) is 24.1 Å². The van der Waals surface area contributed by atoms with E-state index >= 15 is 0 Å². The molecule has 2 nitrogen and oxygen atoms in total. The topological polar surface area (TPSA) is 21.3 Å². The smallest absolute Gasteiger partial charge is 0.134 e. The summed E-state index contributed by atoms with van der Waals surface area (Å²) in [4.78, 5) is 0. The van der Waals surface area contributed by atoms with Crippen LogP contribution in [0.4, 0.5) is 8.78 Å². The van der Waals surface area contributed by atoms with Gasteiger partial charge in [0, 0.05) is 22.7 Å².